The van der Waals surface area contributed by atoms with E-state index in [-0.39, 0.29) is 17.3 Å². The van der Waals surface area contributed by atoms with Gasteiger partial charge in [-0.3, -0.25) is 9.59 Å². The Morgan fingerprint density at radius 1 is 1.10 bits per heavy atom. The topological polar surface area (TPSA) is 55.4 Å². The van der Waals surface area contributed by atoms with Crippen molar-refractivity contribution in [3.63, 3.8) is 0 Å². The highest BCUT2D eigenvalue weighted by Gasteiger charge is 2.20. The molecule has 1 amide bonds. The molecule has 0 aliphatic rings. The van der Waals surface area contributed by atoms with Crippen LogP contribution in [-0.4, -0.2) is 19.0 Å². The molecule has 0 bridgehead atoms. The van der Waals surface area contributed by atoms with E-state index in [1.54, 1.807) is 0 Å². The van der Waals surface area contributed by atoms with Crippen molar-refractivity contribution in [2.75, 3.05) is 7.11 Å². The second kappa shape index (κ2) is 7.08. The van der Waals surface area contributed by atoms with E-state index in [1.165, 1.54) is 7.11 Å². The summed E-state index contributed by atoms with van der Waals surface area (Å²) in [5, 5.41) is 2.90. The molecule has 1 aromatic rings. The highest BCUT2D eigenvalue weighted by atomic mass is 16.5. The first-order valence-electron chi connectivity index (χ1n) is 6.76. The van der Waals surface area contributed by atoms with Crippen LogP contribution in [0.25, 0.3) is 0 Å². The van der Waals surface area contributed by atoms with Gasteiger partial charge in [0.05, 0.1) is 7.11 Å². The SMILES string of the molecule is COC(=O)CCc1ccc(CNC(=O)C(C)(C)C)cc1. The minimum Gasteiger partial charge on any atom is -0.469 e. The van der Waals surface area contributed by atoms with Crippen LogP contribution in [0.3, 0.4) is 0 Å². The zero-order chi connectivity index (χ0) is 15.2. The molecular formula is C16H23NO3. The number of hydrogen-bond acceptors (Lipinski definition) is 3. The first kappa shape index (κ1) is 16.2. The molecule has 0 fully saturated rings. The maximum atomic E-state index is 11.8. The highest BCUT2D eigenvalue weighted by Crippen LogP contribution is 2.13. The van der Waals surface area contributed by atoms with Crippen LogP contribution in [0.15, 0.2) is 24.3 Å². The van der Waals surface area contributed by atoms with Gasteiger partial charge in [0, 0.05) is 18.4 Å². The fourth-order valence-corrected chi connectivity index (χ4v) is 1.62. The molecule has 0 heterocycles. The van der Waals surface area contributed by atoms with Gasteiger partial charge in [0.15, 0.2) is 0 Å². The third-order valence-electron chi connectivity index (χ3n) is 3.00. The maximum absolute atomic E-state index is 11.8. The van der Waals surface area contributed by atoms with Crippen molar-refractivity contribution in [1.82, 2.24) is 5.32 Å². The summed E-state index contributed by atoms with van der Waals surface area (Å²) in [4.78, 5) is 22.8. The van der Waals surface area contributed by atoms with E-state index >= 15 is 0 Å². The average Bonchev–Trinajstić information content (AvgIpc) is 2.42. The molecule has 4 heteroatoms. The second-order valence-electron chi connectivity index (χ2n) is 5.83. The number of hydrogen-bond donors (Lipinski definition) is 1. The molecule has 1 aromatic carbocycles. The number of methoxy groups -OCH3 is 1. The number of nitrogens with one attached hydrogen (secondary N) is 1. The molecule has 0 atom stereocenters. The summed E-state index contributed by atoms with van der Waals surface area (Å²) in [5.41, 5.74) is 1.76. The molecule has 0 aliphatic heterocycles. The first-order valence-corrected chi connectivity index (χ1v) is 6.76. The van der Waals surface area contributed by atoms with Crippen molar-refractivity contribution in [1.29, 1.82) is 0 Å². The summed E-state index contributed by atoms with van der Waals surface area (Å²) in [6.07, 6.45) is 1.05. The number of ether oxygens (including phenoxy) is 1. The first-order chi connectivity index (χ1) is 9.32. The lowest BCUT2D eigenvalue weighted by atomic mass is 9.95. The zero-order valence-corrected chi connectivity index (χ0v) is 12.7. The van der Waals surface area contributed by atoms with E-state index in [9.17, 15) is 9.59 Å². The minimum absolute atomic E-state index is 0.0345. The van der Waals surface area contributed by atoms with Crippen molar-refractivity contribution in [3.05, 3.63) is 35.4 Å². The summed E-state index contributed by atoms with van der Waals surface area (Å²) in [6.45, 7) is 6.18. The zero-order valence-electron chi connectivity index (χ0n) is 12.7. The van der Waals surface area contributed by atoms with Crippen LogP contribution < -0.4 is 5.32 Å². The molecule has 110 valence electrons. The monoisotopic (exact) mass is 277 g/mol. The van der Waals surface area contributed by atoms with E-state index < -0.39 is 0 Å². The lowest BCUT2D eigenvalue weighted by molar-refractivity contribution is -0.140. The summed E-state index contributed by atoms with van der Waals surface area (Å²) in [5.74, 6) is -0.168. The highest BCUT2D eigenvalue weighted by molar-refractivity contribution is 5.81. The van der Waals surface area contributed by atoms with Crippen molar-refractivity contribution < 1.29 is 14.3 Å². The largest absolute Gasteiger partial charge is 0.469 e. The molecule has 1 rings (SSSR count). The van der Waals surface area contributed by atoms with Gasteiger partial charge in [-0.1, -0.05) is 45.0 Å². The van der Waals surface area contributed by atoms with Crippen LogP contribution in [0.1, 0.15) is 38.3 Å². The normalized spacial score (nSPS) is 11.0. The molecular weight excluding hydrogens is 254 g/mol. The Kier molecular flexibility index (Phi) is 5.74. The van der Waals surface area contributed by atoms with E-state index in [0.29, 0.717) is 19.4 Å². The average molecular weight is 277 g/mol. The summed E-state index contributed by atoms with van der Waals surface area (Å²) < 4.78 is 4.61. The summed E-state index contributed by atoms with van der Waals surface area (Å²) in [6, 6.07) is 7.88. The van der Waals surface area contributed by atoms with Crippen LogP contribution in [0.4, 0.5) is 0 Å². The van der Waals surface area contributed by atoms with Gasteiger partial charge >= 0.3 is 5.97 Å². The lowest BCUT2D eigenvalue weighted by Gasteiger charge is -2.17. The van der Waals surface area contributed by atoms with Crippen molar-refractivity contribution in [2.24, 2.45) is 5.41 Å². The van der Waals surface area contributed by atoms with E-state index in [4.69, 9.17) is 0 Å². The van der Waals surface area contributed by atoms with Gasteiger partial charge in [0.1, 0.15) is 0 Å². The summed E-state index contributed by atoms with van der Waals surface area (Å²) in [7, 11) is 1.39. The van der Waals surface area contributed by atoms with E-state index in [0.717, 1.165) is 11.1 Å². The fraction of sp³-hybridized carbons (Fsp3) is 0.500. The van der Waals surface area contributed by atoms with Gasteiger partial charge in [0.2, 0.25) is 5.91 Å². The van der Waals surface area contributed by atoms with Gasteiger partial charge in [-0.15, -0.1) is 0 Å². The minimum atomic E-state index is -0.375. The second-order valence-corrected chi connectivity index (χ2v) is 5.83. The van der Waals surface area contributed by atoms with Crippen LogP contribution in [-0.2, 0) is 27.3 Å². The van der Waals surface area contributed by atoms with Gasteiger partial charge < -0.3 is 10.1 Å². The number of benzene rings is 1. The molecule has 0 saturated heterocycles. The van der Waals surface area contributed by atoms with Crippen molar-refractivity contribution in [3.8, 4) is 0 Å². The van der Waals surface area contributed by atoms with Gasteiger partial charge in [-0.05, 0) is 17.5 Å². The standard InChI is InChI=1S/C16H23NO3/c1-16(2,3)15(19)17-11-13-7-5-12(6-8-13)9-10-14(18)20-4/h5-8H,9-11H2,1-4H3,(H,17,19). The molecule has 4 nitrogen and oxygen atoms in total. The van der Waals surface area contributed by atoms with Crippen LogP contribution in [0, 0.1) is 5.41 Å². The Bertz CT molecular complexity index is 458. The molecule has 1 N–H and O–H groups in total. The van der Waals surface area contributed by atoms with Gasteiger partial charge in [0.25, 0.3) is 0 Å². The van der Waals surface area contributed by atoms with Crippen LogP contribution in [0.5, 0.6) is 0 Å². The number of carbonyl (C=O) groups excluding carboxylic acids is 2. The lowest BCUT2D eigenvalue weighted by Crippen LogP contribution is -2.34. The molecule has 0 aromatic heterocycles. The molecule has 0 radical (unpaired) electrons. The molecule has 0 spiro atoms. The summed E-state index contributed by atoms with van der Waals surface area (Å²) >= 11 is 0. The molecule has 20 heavy (non-hydrogen) atoms. The van der Waals surface area contributed by atoms with Gasteiger partial charge in [-0.2, -0.15) is 0 Å². The number of carbonyl (C=O) groups is 2. The van der Waals surface area contributed by atoms with E-state index in [2.05, 4.69) is 10.1 Å². The Morgan fingerprint density at radius 2 is 1.65 bits per heavy atom. The number of rotatable bonds is 5. The third kappa shape index (κ3) is 5.43. The third-order valence-corrected chi connectivity index (χ3v) is 3.00. The predicted octanol–water partition coefficient (Wildman–Crippen LogP) is 2.45. The Morgan fingerprint density at radius 3 is 2.15 bits per heavy atom. The van der Waals surface area contributed by atoms with Gasteiger partial charge in [-0.25, -0.2) is 0 Å². The molecule has 0 unspecified atom stereocenters. The Balaban J connectivity index is 2.47. The molecule has 0 aliphatic carbocycles. The Labute approximate surface area is 120 Å². The number of aryl methyl sites for hydroxylation is 1. The smallest absolute Gasteiger partial charge is 0.305 e. The Hall–Kier alpha value is -1.84. The maximum Gasteiger partial charge on any atom is 0.305 e. The fourth-order valence-electron chi connectivity index (χ4n) is 1.62. The van der Waals surface area contributed by atoms with Crippen LogP contribution in [0.2, 0.25) is 0 Å². The van der Waals surface area contributed by atoms with Crippen LogP contribution >= 0.6 is 0 Å². The predicted molar refractivity (Wildman–Crippen MR) is 78.1 cm³/mol. The number of amides is 1. The quantitative estimate of drug-likeness (QED) is 0.841. The molecule has 0 saturated carbocycles. The van der Waals surface area contributed by atoms with Crippen molar-refractivity contribution >= 4 is 11.9 Å². The van der Waals surface area contributed by atoms with Crippen molar-refractivity contribution in [2.45, 2.75) is 40.2 Å². The number of esters is 1. The van der Waals surface area contributed by atoms with E-state index in [1.807, 2.05) is 45.0 Å².